The molecule has 268 valence electrons. The molecule has 9 aromatic carbocycles. The van der Waals surface area contributed by atoms with Gasteiger partial charge in [0.15, 0.2) is 5.58 Å². The zero-order chi connectivity index (χ0) is 37.7. The first-order chi connectivity index (χ1) is 28.2. The zero-order valence-electron chi connectivity index (χ0n) is 30.8. The normalized spacial score (nSPS) is 11.5. The molecule has 0 bridgehead atoms. The molecule has 57 heavy (non-hydrogen) atoms. The molecule has 0 fully saturated rings. The van der Waals surface area contributed by atoms with Crippen LogP contribution in [0.1, 0.15) is 0 Å². The van der Waals surface area contributed by atoms with E-state index < -0.39 is 0 Å². The monoisotopic (exact) mass is 730 g/mol. The van der Waals surface area contributed by atoms with Crippen LogP contribution in [-0.4, -0.2) is 4.98 Å². The molecule has 0 aliphatic rings. The van der Waals surface area contributed by atoms with E-state index in [2.05, 4.69) is 169 Å². The van der Waals surface area contributed by atoms with E-state index in [-0.39, 0.29) is 0 Å². The molecule has 2 heterocycles. The Labute approximate surface area is 329 Å². The molecule has 4 heteroatoms. The average Bonchev–Trinajstić information content (AvgIpc) is 3.89. The Morgan fingerprint density at radius 3 is 1.70 bits per heavy atom. The van der Waals surface area contributed by atoms with Crippen molar-refractivity contribution in [2.75, 3.05) is 4.90 Å². The smallest absolute Gasteiger partial charge is 0.227 e. The maximum Gasteiger partial charge on any atom is 0.227 e. The second-order valence-electron chi connectivity index (χ2n) is 14.4. The molecular weight excluding hydrogens is 697 g/mol. The number of rotatable bonds is 7. The minimum absolute atomic E-state index is 0.602. The highest BCUT2D eigenvalue weighted by atomic mass is 16.4. The largest absolute Gasteiger partial charge is 0.456 e. The van der Waals surface area contributed by atoms with E-state index in [1.165, 1.54) is 27.5 Å². The summed E-state index contributed by atoms with van der Waals surface area (Å²) in [6, 6.07) is 72.5. The molecule has 0 unspecified atom stereocenters. The Morgan fingerprint density at radius 1 is 0.368 bits per heavy atom. The summed E-state index contributed by atoms with van der Waals surface area (Å²) < 4.78 is 12.6. The van der Waals surface area contributed by atoms with Crippen LogP contribution in [0.4, 0.5) is 17.1 Å². The van der Waals surface area contributed by atoms with Gasteiger partial charge in [-0.3, -0.25) is 0 Å². The molecule has 4 nitrogen and oxygen atoms in total. The Morgan fingerprint density at radius 2 is 0.947 bits per heavy atom. The number of anilines is 3. The minimum Gasteiger partial charge on any atom is -0.456 e. The van der Waals surface area contributed by atoms with Gasteiger partial charge in [-0.05, 0) is 111 Å². The number of hydrogen-bond donors (Lipinski definition) is 0. The molecule has 11 aromatic rings. The van der Waals surface area contributed by atoms with E-state index in [4.69, 9.17) is 13.8 Å². The van der Waals surface area contributed by atoms with Crippen molar-refractivity contribution >= 4 is 60.9 Å². The maximum atomic E-state index is 6.45. The lowest BCUT2D eigenvalue weighted by Crippen LogP contribution is -2.11. The second kappa shape index (κ2) is 13.6. The first-order valence-electron chi connectivity index (χ1n) is 19.2. The SMILES string of the molecule is c1ccc(-c2ccc(N(c3ccc(-c4ccc5c(c4)oc4ccc6oc(-c7ccccc7)nc6c45)cc3)c3ccccc3-c3ccc4ccccc4c3)cc2)cc1. The summed E-state index contributed by atoms with van der Waals surface area (Å²) in [4.78, 5) is 7.28. The number of oxazole rings is 1. The summed E-state index contributed by atoms with van der Waals surface area (Å²) in [5, 5.41) is 4.43. The summed E-state index contributed by atoms with van der Waals surface area (Å²) >= 11 is 0. The van der Waals surface area contributed by atoms with E-state index in [0.29, 0.717) is 5.89 Å². The van der Waals surface area contributed by atoms with Crippen molar-refractivity contribution in [2.24, 2.45) is 0 Å². The third-order valence-corrected chi connectivity index (χ3v) is 10.9. The number of para-hydroxylation sites is 1. The number of hydrogen-bond acceptors (Lipinski definition) is 4. The van der Waals surface area contributed by atoms with Gasteiger partial charge in [-0.25, -0.2) is 4.98 Å². The number of furan rings is 1. The fourth-order valence-corrected chi connectivity index (χ4v) is 8.07. The van der Waals surface area contributed by atoms with E-state index in [1.54, 1.807) is 0 Å². The molecule has 0 N–H and O–H groups in total. The Hall–Kier alpha value is -7.69. The predicted octanol–water partition coefficient (Wildman–Crippen LogP) is 15.0. The standard InChI is InChI=1S/C53H34N2O2/c1-3-11-35(12-4-1)37-21-26-43(27-22-37)55(47-18-10-9-17-45(47)42-20-19-36-13-7-8-16-40(36)33-42)44-28-23-38(24-29-44)41-25-30-46-50(34-41)56-48-31-32-49-52(51(46)48)54-53(57-49)39-14-5-2-6-15-39/h1-34H. The van der Waals surface area contributed by atoms with E-state index in [1.807, 2.05) is 42.5 Å². The van der Waals surface area contributed by atoms with Crippen LogP contribution in [0.15, 0.2) is 215 Å². The summed E-state index contributed by atoms with van der Waals surface area (Å²) in [5.74, 6) is 0.602. The second-order valence-corrected chi connectivity index (χ2v) is 14.4. The van der Waals surface area contributed by atoms with Crippen LogP contribution in [-0.2, 0) is 0 Å². The van der Waals surface area contributed by atoms with Crippen molar-refractivity contribution in [2.45, 2.75) is 0 Å². The minimum atomic E-state index is 0.602. The van der Waals surface area contributed by atoms with Gasteiger partial charge in [0.05, 0.1) is 11.1 Å². The third kappa shape index (κ3) is 5.83. The molecule has 0 saturated carbocycles. The molecule has 0 aliphatic heterocycles. The third-order valence-electron chi connectivity index (χ3n) is 10.9. The van der Waals surface area contributed by atoms with Gasteiger partial charge in [-0.2, -0.15) is 0 Å². The molecule has 0 saturated heterocycles. The van der Waals surface area contributed by atoms with Gasteiger partial charge in [0.2, 0.25) is 5.89 Å². The topological polar surface area (TPSA) is 42.4 Å². The number of aromatic nitrogens is 1. The predicted molar refractivity (Wildman–Crippen MR) is 235 cm³/mol. The highest BCUT2D eigenvalue weighted by Crippen LogP contribution is 2.43. The van der Waals surface area contributed by atoms with Crippen LogP contribution in [0.2, 0.25) is 0 Å². The summed E-state index contributed by atoms with van der Waals surface area (Å²) in [7, 11) is 0. The number of fused-ring (bicyclic) bond motifs is 6. The highest BCUT2D eigenvalue weighted by Gasteiger charge is 2.19. The summed E-state index contributed by atoms with van der Waals surface area (Å²) in [6.07, 6.45) is 0. The lowest BCUT2D eigenvalue weighted by atomic mass is 9.98. The molecule has 11 rings (SSSR count). The molecule has 0 amide bonds. The first-order valence-corrected chi connectivity index (χ1v) is 19.2. The van der Waals surface area contributed by atoms with E-state index in [0.717, 1.165) is 72.4 Å². The summed E-state index contributed by atoms with van der Waals surface area (Å²) in [5.41, 5.74) is 14.2. The van der Waals surface area contributed by atoms with Crippen LogP contribution in [0, 0.1) is 0 Å². The van der Waals surface area contributed by atoms with E-state index in [9.17, 15) is 0 Å². The molecule has 0 atom stereocenters. The van der Waals surface area contributed by atoms with Crippen LogP contribution in [0.25, 0.3) is 88.6 Å². The lowest BCUT2D eigenvalue weighted by Gasteiger charge is -2.28. The van der Waals surface area contributed by atoms with Crippen molar-refractivity contribution in [1.29, 1.82) is 0 Å². The van der Waals surface area contributed by atoms with Gasteiger partial charge in [0.1, 0.15) is 16.7 Å². The first kappa shape index (κ1) is 32.7. The Kier molecular flexibility index (Phi) is 7.78. The number of nitrogens with zero attached hydrogens (tertiary/aromatic N) is 2. The molecule has 2 aromatic heterocycles. The van der Waals surface area contributed by atoms with Crippen molar-refractivity contribution in [3.8, 4) is 44.8 Å². The zero-order valence-corrected chi connectivity index (χ0v) is 30.8. The van der Waals surface area contributed by atoms with Crippen LogP contribution < -0.4 is 4.90 Å². The molecular formula is C53H34N2O2. The maximum absolute atomic E-state index is 6.45. The molecule has 0 aliphatic carbocycles. The fourth-order valence-electron chi connectivity index (χ4n) is 8.07. The number of benzene rings is 9. The fraction of sp³-hybridized carbons (Fsp3) is 0. The van der Waals surface area contributed by atoms with Crippen molar-refractivity contribution in [1.82, 2.24) is 4.98 Å². The van der Waals surface area contributed by atoms with Crippen LogP contribution in [0.3, 0.4) is 0 Å². The Balaban J connectivity index is 0.990. The van der Waals surface area contributed by atoms with Gasteiger partial charge in [0.25, 0.3) is 0 Å². The van der Waals surface area contributed by atoms with Crippen molar-refractivity contribution in [3.05, 3.63) is 206 Å². The summed E-state index contributed by atoms with van der Waals surface area (Å²) in [6.45, 7) is 0. The van der Waals surface area contributed by atoms with Gasteiger partial charge >= 0.3 is 0 Å². The van der Waals surface area contributed by atoms with Crippen molar-refractivity contribution in [3.63, 3.8) is 0 Å². The van der Waals surface area contributed by atoms with Gasteiger partial charge in [-0.15, -0.1) is 0 Å². The van der Waals surface area contributed by atoms with Crippen LogP contribution >= 0.6 is 0 Å². The van der Waals surface area contributed by atoms with Gasteiger partial charge < -0.3 is 13.7 Å². The van der Waals surface area contributed by atoms with Gasteiger partial charge in [0, 0.05) is 27.9 Å². The lowest BCUT2D eigenvalue weighted by molar-refractivity contribution is 0.619. The molecule has 0 spiro atoms. The highest BCUT2D eigenvalue weighted by molar-refractivity contribution is 6.17. The average molecular weight is 731 g/mol. The van der Waals surface area contributed by atoms with E-state index >= 15 is 0 Å². The quantitative estimate of drug-likeness (QED) is 0.164. The van der Waals surface area contributed by atoms with Crippen LogP contribution in [0.5, 0.6) is 0 Å². The molecule has 0 radical (unpaired) electrons. The Bertz CT molecular complexity index is 3220. The van der Waals surface area contributed by atoms with Gasteiger partial charge in [-0.1, -0.05) is 133 Å². The van der Waals surface area contributed by atoms with Crippen molar-refractivity contribution < 1.29 is 8.83 Å².